The summed E-state index contributed by atoms with van der Waals surface area (Å²) in [6, 6.07) is 7.13. The van der Waals surface area contributed by atoms with Crippen molar-refractivity contribution in [2.45, 2.75) is 52.2 Å². The summed E-state index contributed by atoms with van der Waals surface area (Å²) in [6.45, 7) is 13.1. The molecule has 1 saturated heterocycles. The SMILES string of the molecule is Cc1sc2c(c1C)C(c1ccc(Cl)cc1)=N[C@@H](CC(=O)NCCOCCOCCOCCOCCOC1CCNCC1)c1nnc(C)n1-2. The van der Waals surface area contributed by atoms with Crippen molar-refractivity contribution in [2.75, 3.05) is 79.1 Å². The zero-order valence-electron chi connectivity index (χ0n) is 28.1. The maximum atomic E-state index is 13.1. The Balaban J connectivity index is 0.982. The lowest BCUT2D eigenvalue weighted by Gasteiger charge is -2.22. The van der Waals surface area contributed by atoms with Crippen molar-refractivity contribution in [3.8, 4) is 5.00 Å². The molecule has 0 saturated carbocycles. The summed E-state index contributed by atoms with van der Waals surface area (Å²) in [5.74, 6) is 1.27. The quantitative estimate of drug-likeness (QED) is 0.177. The van der Waals surface area contributed by atoms with Crippen molar-refractivity contribution < 1.29 is 28.5 Å². The van der Waals surface area contributed by atoms with Gasteiger partial charge < -0.3 is 34.3 Å². The summed E-state index contributed by atoms with van der Waals surface area (Å²) in [4.78, 5) is 19.4. The van der Waals surface area contributed by atoms with Crippen LogP contribution in [0.5, 0.6) is 0 Å². The average molecular weight is 703 g/mol. The Hall–Kier alpha value is -2.75. The van der Waals surface area contributed by atoms with Crippen LogP contribution in [0.2, 0.25) is 5.02 Å². The number of nitrogens with zero attached hydrogens (tertiary/aromatic N) is 4. The van der Waals surface area contributed by atoms with E-state index >= 15 is 0 Å². The first-order valence-electron chi connectivity index (χ1n) is 16.7. The molecule has 0 aliphatic carbocycles. The normalized spacial score (nSPS) is 16.3. The third kappa shape index (κ3) is 10.1. The van der Waals surface area contributed by atoms with Crippen LogP contribution in [0.15, 0.2) is 29.3 Å². The topological polar surface area (TPSA) is 130 Å². The number of carbonyl (C=O) groups is 1. The fraction of sp³-hybridized carbons (Fsp3) is 0.588. The minimum atomic E-state index is -0.516. The number of hydrogen-bond donors (Lipinski definition) is 2. The summed E-state index contributed by atoms with van der Waals surface area (Å²) < 4.78 is 30.2. The molecule has 48 heavy (non-hydrogen) atoms. The Morgan fingerprint density at radius 3 is 2.21 bits per heavy atom. The Morgan fingerprint density at radius 2 is 1.54 bits per heavy atom. The molecular weight excluding hydrogens is 656 g/mol. The second-order valence-electron chi connectivity index (χ2n) is 11.7. The molecule has 0 unspecified atom stereocenters. The smallest absolute Gasteiger partial charge is 0.222 e. The van der Waals surface area contributed by atoms with Gasteiger partial charge in [0.1, 0.15) is 16.9 Å². The summed E-state index contributed by atoms with van der Waals surface area (Å²) in [6.07, 6.45) is 2.62. The van der Waals surface area contributed by atoms with Gasteiger partial charge in [0.25, 0.3) is 0 Å². The van der Waals surface area contributed by atoms with E-state index in [-0.39, 0.29) is 12.3 Å². The predicted octanol–water partition coefficient (Wildman–Crippen LogP) is 4.14. The molecule has 1 fully saturated rings. The Morgan fingerprint density at radius 1 is 0.917 bits per heavy atom. The lowest BCUT2D eigenvalue weighted by Crippen LogP contribution is -2.33. The van der Waals surface area contributed by atoms with E-state index in [0.717, 1.165) is 59.2 Å². The molecule has 12 nitrogen and oxygen atoms in total. The summed E-state index contributed by atoms with van der Waals surface area (Å²) >= 11 is 7.88. The number of halogens is 1. The van der Waals surface area contributed by atoms with Gasteiger partial charge >= 0.3 is 0 Å². The van der Waals surface area contributed by atoms with Crippen LogP contribution in [-0.2, 0) is 28.5 Å². The van der Waals surface area contributed by atoms with Gasteiger partial charge in [0.2, 0.25) is 5.91 Å². The van der Waals surface area contributed by atoms with E-state index in [4.69, 9.17) is 40.3 Å². The number of rotatable bonds is 19. The monoisotopic (exact) mass is 702 g/mol. The lowest BCUT2D eigenvalue weighted by atomic mass is 9.99. The molecule has 0 radical (unpaired) electrons. The van der Waals surface area contributed by atoms with Gasteiger partial charge in [-0.1, -0.05) is 23.7 Å². The summed E-state index contributed by atoms with van der Waals surface area (Å²) in [5, 5.41) is 16.8. The van der Waals surface area contributed by atoms with E-state index in [2.05, 4.69) is 34.7 Å². The van der Waals surface area contributed by atoms with Crippen LogP contribution in [0.1, 0.15) is 58.5 Å². The molecule has 0 bridgehead atoms. The molecule has 2 aliphatic rings. The van der Waals surface area contributed by atoms with E-state index in [9.17, 15) is 4.79 Å². The number of benzene rings is 1. The second kappa shape index (κ2) is 18.9. The number of amides is 1. The molecule has 0 spiro atoms. The summed E-state index contributed by atoms with van der Waals surface area (Å²) in [5.41, 5.74) is 3.94. The van der Waals surface area contributed by atoms with Crippen LogP contribution in [0.4, 0.5) is 0 Å². The Bertz CT molecular complexity index is 1490. The number of aryl methyl sites for hydroxylation is 2. The third-order valence-electron chi connectivity index (χ3n) is 8.29. The number of thiophene rings is 1. The van der Waals surface area contributed by atoms with Crippen molar-refractivity contribution >= 4 is 34.6 Å². The van der Waals surface area contributed by atoms with Crippen molar-refractivity contribution in [1.82, 2.24) is 25.4 Å². The van der Waals surface area contributed by atoms with Gasteiger partial charge in [-0.15, -0.1) is 21.5 Å². The molecule has 2 aliphatic heterocycles. The van der Waals surface area contributed by atoms with Crippen LogP contribution in [-0.4, -0.2) is 112 Å². The number of aromatic nitrogens is 3. The van der Waals surface area contributed by atoms with Gasteiger partial charge in [-0.3, -0.25) is 14.4 Å². The highest BCUT2D eigenvalue weighted by Gasteiger charge is 2.32. The van der Waals surface area contributed by atoms with E-state index in [0.29, 0.717) is 83.0 Å². The first-order chi connectivity index (χ1) is 23.4. The lowest BCUT2D eigenvalue weighted by molar-refractivity contribution is -0.121. The molecule has 1 aromatic carbocycles. The fourth-order valence-electron chi connectivity index (χ4n) is 5.64. The first-order valence-corrected chi connectivity index (χ1v) is 17.9. The number of ether oxygens (including phenoxy) is 5. The van der Waals surface area contributed by atoms with Crippen LogP contribution in [0.3, 0.4) is 0 Å². The maximum absolute atomic E-state index is 13.1. The standard InChI is InChI=1S/C34H47ClN6O6S/c1-23-24(2)48-34-31(23)32(26-4-6-27(35)7-5-26)38-29(33-40-39-25(3)41(33)34)22-30(42)37-12-13-43-14-15-44-16-17-45-18-19-46-20-21-47-28-8-10-36-11-9-28/h4-7,28-29,36H,8-22H2,1-3H3,(H,37,42)/t29-/m0/s1. The number of nitrogens with one attached hydrogen (secondary N) is 2. The highest BCUT2D eigenvalue weighted by Crippen LogP contribution is 2.39. The van der Waals surface area contributed by atoms with Crippen LogP contribution in [0.25, 0.3) is 5.00 Å². The fourth-order valence-corrected chi connectivity index (χ4v) is 6.98. The van der Waals surface area contributed by atoms with E-state index in [1.807, 2.05) is 35.8 Å². The second-order valence-corrected chi connectivity index (χ2v) is 13.4. The number of fused-ring (bicyclic) bond motifs is 3. The van der Waals surface area contributed by atoms with E-state index in [1.165, 1.54) is 4.88 Å². The molecule has 5 rings (SSSR count). The number of carbonyl (C=O) groups excluding carboxylic acids is 1. The molecular formula is C34H47ClN6O6S. The zero-order valence-corrected chi connectivity index (χ0v) is 29.7. The molecule has 2 N–H and O–H groups in total. The van der Waals surface area contributed by atoms with E-state index < -0.39 is 6.04 Å². The largest absolute Gasteiger partial charge is 0.377 e. The number of hydrogen-bond acceptors (Lipinski definition) is 11. The van der Waals surface area contributed by atoms with Crippen molar-refractivity contribution in [2.24, 2.45) is 4.99 Å². The minimum absolute atomic E-state index is 0.127. The van der Waals surface area contributed by atoms with Gasteiger partial charge in [-0.25, -0.2) is 0 Å². The highest BCUT2D eigenvalue weighted by molar-refractivity contribution is 7.15. The maximum Gasteiger partial charge on any atom is 0.222 e. The van der Waals surface area contributed by atoms with Gasteiger partial charge in [-0.2, -0.15) is 0 Å². The van der Waals surface area contributed by atoms with Crippen molar-refractivity contribution in [3.05, 3.63) is 62.5 Å². The van der Waals surface area contributed by atoms with Crippen molar-refractivity contribution in [1.29, 1.82) is 0 Å². The summed E-state index contributed by atoms with van der Waals surface area (Å²) in [7, 11) is 0. The minimum Gasteiger partial charge on any atom is -0.377 e. The van der Waals surface area contributed by atoms with Crippen LogP contribution in [0, 0.1) is 20.8 Å². The first kappa shape index (κ1) is 36.5. The Kier molecular flexibility index (Phi) is 14.4. The molecule has 3 aromatic rings. The van der Waals surface area contributed by atoms with Gasteiger partial charge in [-0.05, 0) is 64.4 Å². The average Bonchev–Trinajstić information content (AvgIpc) is 3.57. The Labute approximate surface area is 291 Å². The molecule has 262 valence electrons. The molecule has 14 heteroatoms. The van der Waals surface area contributed by atoms with Gasteiger partial charge in [0.05, 0.1) is 77.7 Å². The predicted molar refractivity (Wildman–Crippen MR) is 186 cm³/mol. The van der Waals surface area contributed by atoms with Gasteiger partial charge in [0, 0.05) is 27.6 Å². The molecule has 1 atom stereocenters. The highest BCUT2D eigenvalue weighted by atomic mass is 35.5. The number of piperidine rings is 1. The van der Waals surface area contributed by atoms with E-state index in [1.54, 1.807) is 11.3 Å². The van der Waals surface area contributed by atoms with Gasteiger partial charge in [0.15, 0.2) is 5.82 Å². The third-order valence-corrected chi connectivity index (χ3v) is 9.73. The molecule has 1 amide bonds. The van der Waals surface area contributed by atoms with Crippen LogP contribution < -0.4 is 10.6 Å². The van der Waals surface area contributed by atoms with Crippen molar-refractivity contribution in [3.63, 3.8) is 0 Å². The van der Waals surface area contributed by atoms with Crippen LogP contribution >= 0.6 is 22.9 Å². The molecule has 4 heterocycles. The zero-order chi connectivity index (χ0) is 33.7. The molecule has 2 aromatic heterocycles. The number of aliphatic imine (C=N–C) groups is 1.